The van der Waals surface area contributed by atoms with Crippen molar-refractivity contribution in [1.29, 1.82) is 0 Å². The minimum absolute atomic E-state index is 0.657. The molecule has 12 heavy (non-hydrogen) atoms. The van der Waals surface area contributed by atoms with Crippen molar-refractivity contribution in [2.75, 3.05) is 6.54 Å². The Morgan fingerprint density at radius 1 is 1.58 bits per heavy atom. The first-order chi connectivity index (χ1) is 5.83. The third kappa shape index (κ3) is 3.37. The maximum absolute atomic E-state index is 3.48. The van der Waals surface area contributed by atoms with Crippen LogP contribution in [-0.2, 0) is 6.42 Å². The Morgan fingerprint density at radius 3 is 3.00 bits per heavy atom. The van der Waals surface area contributed by atoms with Crippen LogP contribution in [0.1, 0.15) is 25.1 Å². The van der Waals surface area contributed by atoms with Gasteiger partial charge in [0.25, 0.3) is 0 Å². The monoisotopic (exact) mass is 183 g/mol. The molecule has 1 unspecified atom stereocenters. The van der Waals surface area contributed by atoms with Crippen LogP contribution < -0.4 is 5.32 Å². The molecule has 1 atom stereocenters. The summed E-state index contributed by atoms with van der Waals surface area (Å²) in [6.45, 7) is 5.55. The number of hydrogen-bond donors (Lipinski definition) is 1. The molecule has 0 saturated heterocycles. The maximum Gasteiger partial charge on any atom is 0.00578 e. The average molecular weight is 183 g/mol. The molecule has 1 nitrogen and oxygen atoms in total. The summed E-state index contributed by atoms with van der Waals surface area (Å²) in [7, 11) is 0. The van der Waals surface area contributed by atoms with Crippen molar-refractivity contribution in [3.63, 3.8) is 0 Å². The van der Waals surface area contributed by atoms with Crippen LogP contribution in [0.5, 0.6) is 0 Å². The van der Waals surface area contributed by atoms with Gasteiger partial charge in [-0.2, -0.15) is 0 Å². The molecule has 0 aromatic carbocycles. The lowest BCUT2D eigenvalue weighted by atomic mass is 10.2. The Bertz CT molecular complexity index is 194. The van der Waals surface area contributed by atoms with E-state index in [0.717, 1.165) is 6.54 Å². The Hall–Kier alpha value is -0.340. The van der Waals surface area contributed by atoms with Gasteiger partial charge >= 0.3 is 0 Å². The van der Waals surface area contributed by atoms with Gasteiger partial charge in [-0.25, -0.2) is 0 Å². The Balaban J connectivity index is 2.11. The van der Waals surface area contributed by atoms with Crippen molar-refractivity contribution >= 4 is 11.3 Å². The molecular formula is C10H17NS. The Morgan fingerprint density at radius 2 is 2.42 bits per heavy atom. The molecule has 0 radical (unpaired) electrons. The highest BCUT2D eigenvalue weighted by molar-refractivity contribution is 7.09. The predicted octanol–water partition coefficient (Wildman–Crippen LogP) is 2.68. The molecule has 68 valence electrons. The molecule has 0 aliphatic heterocycles. The van der Waals surface area contributed by atoms with Crippen molar-refractivity contribution in [3.8, 4) is 0 Å². The topological polar surface area (TPSA) is 12.0 Å². The van der Waals surface area contributed by atoms with Gasteiger partial charge < -0.3 is 5.32 Å². The third-order valence-corrected chi connectivity index (χ3v) is 2.99. The highest BCUT2D eigenvalue weighted by atomic mass is 32.1. The van der Waals surface area contributed by atoms with Gasteiger partial charge in [-0.05, 0) is 31.2 Å². The lowest BCUT2D eigenvalue weighted by Crippen LogP contribution is -2.26. The summed E-state index contributed by atoms with van der Waals surface area (Å²) < 4.78 is 0. The van der Waals surface area contributed by atoms with Gasteiger partial charge in [0.15, 0.2) is 0 Å². The van der Waals surface area contributed by atoms with E-state index in [1.807, 2.05) is 11.3 Å². The van der Waals surface area contributed by atoms with E-state index in [-0.39, 0.29) is 0 Å². The molecule has 0 fully saturated rings. The van der Waals surface area contributed by atoms with Gasteiger partial charge in [0.05, 0.1) is 0 Å². The van der Waals surface area contributed by atoms with Gasteiger partial charge in [-0.3, -0.25) is 0 Å². The van der Waals surface area contributed by atoms with Gasteiger partial charge in [0, 0.05) is 17.5 Å². The van der Waals surface area contributed by atoms with Crippen LogP contribution in [0.2, 0.25) is 0 Å². The van der Waals surface area contributed by atoms with Crippen molar-refractivity contribution < 1.29 is 0 Å². The largest absolute Gasteiger partial charge is 0.314 e. The van der Waals surface area contributed by atoms with Gasteiger partial charge in [-0.1, -0.05) is 13.0 Å². The molecule has 1 rings (SSSR count). The third-order valence-electron chi connectivity index (χ3n) is 2.06. The molecule has 0 aliphatic rings. The van der Waals surface area contributed by atoms with Crippen LogP contribution in [0.15, 0.2) is 17.5 Å². The quantitative estimate of drug-likeness (QED) is 0.740. The van der Waals surface area contributed by atoms with Gasteiger partial charge in [0.1, 0.15) is 0 Å². The predicted molar refractivity (Wildman–Crippen MR) is 55.8 cm³/mol. The van der Waals surface area contributed by atoms with Crippen molar-refractivity contribution in [1.82, 2.24) is 5.32 Å². The highest BCUT2D eigenvalue weighted by Crippen LogP contribution is 2.08. The van der Waals surface area contributed by atoms with E-state index in [1.165, 1.54) is 17.7 Å². The smallest absolute Gasteiger partial charge is 0.00578 e. The average Bonchev–Trinajstić information content (AvgIpc) is 2.57. The summed E-state index contributed by atoms with van der Waals surface area (Å²) in [5, 5.41) is 5.61. The summed E-state index contributed by atoms with van der Waals surface area (Å²) in [4.78, 5) is 1.48. The first kappa shape index (κ1) is 9.75. The Kier molecular flexibility index (Phi) is 4.33. The van der Waals surface area contributed by atoms with Crippen LogP contribution in [0.3, 0.4) is 0 Å². The molecule has 0 spiro atoms. The molecule has 1 aromatic heterocycles. The molecule has 1 heterocycles. The summed E-state index contributed by atoms with van der Waals surface area (Å²) >= 11 is 1.84. The SMILES string of the molecule is CCC(C)NCCc1cccs1. The second-order valence-corrected chi connectivity index (χ2v) is 4.13. The van der Waals surface area contributed by atoms with Crippen LogP contribution in [0.25, 0.3) is 0 Å². The van der Waals surface area contributed by atoms with E-state index < -0.39 is 0 Å². The summed E-state index contributed by atoms with van der Waals surface area (Å²) in [6, 6.07) is 4.97. The fourth-order valence-electron chi connectivity index (χ4n) is 1.04. The number of rotatable bonds is 5. The molecule has 0 bridgehead atoms. The summed E-state index contributed by atoms with van der Waals surface area (Å²) in [5.41, 5.74) is 0. The minimum atomic E-state index is 0.657. The van der Waals surface area contributed by atoms with E-state index in [9.17, 15) is 0 Å². The summed E-state index contributed by atoms with van der Waals surface area (Å²) in [6.07, 6.45) is 2.38. The molecule has 0 saturated carbocycles. The molecule has 1 N–H and O–H groups in total. The van der Waals surface area contributed by atoms with E-state index in [0.29, 0.717) is 6.04 Å². The van der Waals surface area contributed by atoms with Crippen molar-refractivity contribution in [2.45, 2.75) is 32.7 Å². The van der Waals surface area contributed by atoms with Crippen molar-refractivity contribution in [3.05, 3.63) is 22.4 Å². The number of nitrogens with one attached hydrogen (secondary N) is 1. The van der Waals surface area contributed by atoms with Crippen LogP contribution in [-0.4, -0.2) is 12.6 Å². The van der Waals surface area contributed by atoms with Crippen LogP contribution in [0, 0.1) is 0 Å². The normalized spacial score (nSPS) is 13.2. The minimum Gasteiger partial charge on any atom is -0.314 e. The number of thiophene rings is 1. The van der Waals surface area contributed by atoms with Crippen molar-refractivity contribution in [2.24, 2.45) is 0 Å². The molecular weight excluding hydrogens is 166 g/mol. The van der Waals surface area contributed by atoms with Gasteiger partial charge in [-0.15, -0.1) is 11.3 Å². The standard InChI is InChI=1S/C10H17NS/c1-3-9(2)11-7-6-10-5-4-8-12-10/h4-5,8-9,11H,3,6-7H2,1-2H3. The first-order valence-corrected chi connectivity index (χ1v) is 5.46. The van der Waals surface area contributed by atoms with E-state index in [4.69, 9.17) is 0 Å². The van der Waals surface area contributed by atoms with E-state index in [2.05, 4.69) is 36.7 Å². The second kappa shape index (κ2) is 5.33. The lowest BCUT2D eigenvalue weighted by Gasteiger charge is -2.09. The molecule has 1 aromatic rings. The van der Waals surface area contributed by atoms with E-state index in [1.54, 1.807) is 0 Å². The molecule has 0 amide bonds. The summed E-state index contributed by atoms with van der Waals surface area (Å²) in [5.74, 6) is 0. The lowest BCUT2D eigenvalue weighted by molar-refractivity contribution is 0.538. The zero-order chi connectivity index (χ0) is 8.81. The first-order valence-electron chi connectivity index (χ1n) is 4.58. The van der Waals surface area contributed by atoms with Crippen LogP contribution in [0.4, 0.5) is 0 Å². The maximum atomic E-state index is 3.48. The second-order valence-electron chi connectivity index (χ2n) is 3.09. The fraction of sp³-hybridized carbons (Fsp3) is 0.600. The van der Waals surface area contributed by atoms with Gasteiger partial charge in [0.2, 0.25) is 0 Å². The zero-order valence-corrected chi connectivity index (χ0v) is 8.66. The highest BCUT2D eigenvalue weighted by Gasteiger charge is 1.97. The Labute approximate surface area is 78.8 Å². The molecule has 0 aliphatic carbocycles. The number of hydrogen-bond acceptors (Lipinski definition) is 2. The van der Waals surface area contributed by atoms with Crippen LogP contribution >= 0.6 is 11.3 Å². The zero-order valence-electron chi connectivity index (χ0n) is 7.84. The molecule has 2 heteroatoms. The fourth-order valence-corrected chi connectivity index (χ4v) is 1.75. The van der Waals surface area contributed by atoms with E-state index >= 15 is 0 Å².